The maximum Gasteiger partial charge on any atom is 0.0901 e. The normalized spacial score (nSPS) is 11.6. The number of aromatic nitrogens is 1. The summed E-state index contributed by atoms with van der Waals surface area (Å²) in [5.41, 5.74) is 3.23. The molecule has 72 valence electrons. The molecule has 0 aliphatic rings. The summed E-state index contributed by atoms with van der Waals surface area (Å²) in [7, 11) is 1.96. The van der Waals surface area contributed by atoms with Crippen molar-refractivity contribution in [2.24, 2.45) is 12.2 Å². The summed E-state index contributed by atoms with van der Waals surface area (Å²) >= 11 is 0. The Hall–Kier alpha value is -1.77. The van der Waals surface area contributed by atoms with Gasteiger partial charge in [0.05, 0.1) is 11.9 Å². The van der Waals surface area contributed by atoms with E-state index in [0.29, 0.717) is 0 Å². The summed E-state index contributed by atoms with van der Waals surface area (Å²) < 4.78 is 2.02. The monoisotopic (exact) mass is 188 g/mol. The average Bonchev–Trinajstić information content (AvgIpc) is 2.45. The second-order valence-corrected chi connectivity index (χ2v) is 3.33. The molecule has 2 aromatic rings. The fourth-order valence-electron chi connectivity index (χ4n) is 1.84. The number of oxime groups is 1. The molecule has 0 saturated heterocycles. The lowest BCUT2D eigenvalue weighted by molar-refractivity contribution is 0.321. The van der Waals surface area contributed by atoms with E-state index in [4.69, 9.17) is 5.21 Å². The Bertz CT molecular complexity index is 458. The summed E-state index contributed by atoms with van der Waals surface area (Å²) in [5.74, 6) is 0. The molecule has 0 spiro atoms. The van der Waals surface area contributed by atoms with Crippen molar-refractivity contribution in [3.05, 3.63) is 35.5 Å². The highest BCUT2D eigenvalue weighted by Crippen LogP contribution is 2.22. The van der Waals surface area contributed by atoms with Gasteiger partial charge in [-0.05, 0) is 18.6 Å². The molecular formula is C11H12N2O. The van der Waals surface area contributed by atoms with Crippen molar-refractivity contribution in [1.29, 1.82) is 0 Å². The highest BCUT2D eigenvalue weighted by Gasteiger charge is 2.08. The zero-order valence-electron chi connectivity index (χ0n) is 8.23. The van der Waals surface area contributed by atoms with Crippen LogP contribution in [0.1, 0.15) is 11.3 Å². The summed E-state index contributed by atoms with van der Waals surface area (Å²) in [6, 6.07) is 8.13. The SMILES string of the molecule is Cc1c(/C=N/O)n(C)c2ccccc12. The standard InChI is InChI=1S/C11H12N2O/c1-8-9-5-3-4-6-10(9)13(2)11(8)7-12-14/h3-7,14H,1-2H3/b12-7+. The lowest BCUT2D eigenvalue weighted by Gasteiger charge is -1.97. The Kier molecular flexibility index (Phi) is 2.00. The Balaban J connectivity index is 2.85. The van der Waals surface area contributed by atoms with Gasteiger partial charge in [0.2, 0.25) is 0 Å². The molecule has 1 heterocycles. The first-order valence-electron chi connectivity index (χ1n) is 4.47. The van der Waals surface area contributed by atoms with Crippen molar-refractivity contribution in [3.8, 4) is 0 Å². The third kappa shape index (κ3) is 1.09. The lowest BCUT2D eigenvalue weighted by atomic mass is 10.1. The first-order valence-corrected chi connectivity index (χ1v) is 4.47. The molecule has 0 aliphatic carbocycles. The Morgan fingerprint density at radius 3 is 2.71 bits per heavy atom. The van der Waals surface area contributed by atoms with Crippen LogP contribution in [0.5, 0.6) is 0 Å². The van der Waals surface area contributed by atoms with Gasteiger partial charge in [-0.15, -0.1) is 0 Å². The fourth-order valence-corrected chi connectivity index (χ4v) is 1.84. The van der Waals surface area contributed by atoms with Gasteiger partial charge in [0, 0.05) is 18.0 Å². The zero-order valence-corrected chi connectivity index (χ0v) is 8.23. The molecule has 1 aromatic heterocycles. The van der Waals surface area contributed by atoms with Crippen molar-refractivity contribution in [2.45, 2.75) is 6.92 Å². The number of aryl methyl sites for hydroxylation is 2. The van der Waals surface area contributed by atoms with E-state index in [-0.39, 0.29) is 0 Å². The molecule has 0 atom stereocenters. The molecule has 0 fully saturated rings. The van der Waals surface area contributed by atoms with E-state index < -0.39 is 0 Å². The predicted octanol–water partition coefficient (Wildman–Crippen LogP) is 2.29. The maximum absolute atomic E-state index is 8.55. The maximum atomic E-state index is 8.55. The Labute approximate surface area is 82.3 Å². The topological polar surface area (TPSA) is 37.5 Å². The molecule has 2 rings (SSSR count). The summed E-state index contributed by atoms with van der Waals surface area (Å²) in [6.07, 6.45) is 1.47. The number of nitrogens with zero attached hydrogens (tertiary/aromatic N) is 2. The van der Waals surface area contributed by atoms with Crippen molar-refractivity contribution in [3.63, 3.8) is 0 Å². The smallest absolute Gasteiger partial charge is 0.0901 e. The molecule has 0 saturated carbocycles. The van der Waals surface area contributed by atoms with Crippen LogP contribution in [-0.4, -0.2) is 16.0 Å². The highest BCUT2D eigenvalue weighted by atomic mass is 16.4. The van der Waals surface area contributed by atoms with Crippen LogP contribution in [0.25, 0.3) is 10.9 Å². The molecule has 0 amide bonds. The van der Waals surface area contributed by atoms with E-state index in [1.807, 2.05) is 30.7 Å². The summed E-state index contributed by atoms with van der Waals surface area (Å²) in [4.78, 5) is 0. The summed E-state index contributed by atoms with van der Waals surface area (Å²) in [6.45, 7) is 2.03. The van der Waals surface area contributed by atoms with Crippen LogP contribution in [0.2, 0.25) is 0 Å². The molecule has 1 N–H and O–H groups in total. The molecule has 3 nitrogen and oxygen atoms in total. The van der Waals surface area contributed by atoms with Crippen LogP contribution >= 0.6 is 0 Å². The second kappa shape index (κ2) is 3.18. The second-order valence-electron chi connectivity index (χ2n) is 3.33. The largest absolute Gasteiger partial charge is 0.411 e. The quantitative estimate of drug-likeness (QED) is 0.416. The third-order valence-corrected chi connectivity index (χ3v) is 2.59. The Morgan fingerprint density at radius 2 is 2.07 bits per heavy atom. The van der Waals surface area contributed by atoms with E-state index in [9.17, 15) is 0 Å². The van der Waals surface area contributed by atoms with E-state index >= 15 is 0 Å². The zero-order chi connectivity index (χ0) is 10.1. The number of hydrogen-bond donors (Lipinski definition) is 1. The van der Waals surface area contributed by atoms with Gasteiger partial charge in [0.15, 0.2) is 0 Å². The number of hydrogen-bond acceptors (Lipinski definition) is 2. The third-order valence-electron chi connectivity index (χ3n) is 2.59. The predicted molar refractivity (Wildman–Crippen MR) is 57.0 cm³/mol. The molecular weight excluding hydrogens is 176 g/mol. The van der Waals surface area contributed by atoms with Gasteiger partial charge in [0.1, 0.15) is 0 Å². The van der Waals surface area contributed by atoms with Crippen LogP contribution in [-0.2, 0) is 7.05 Å². The van der Waals surface area contributed by atoms with Crippen LogP contribution in [0.4, 0.5) is 0 Å². The average molecular weight is 188 g/mol. The molecule has 0 bridgehead atoms. The Morgan fingerprint density at radius 1 is 1.36 bits per heavy atom. The first-order chi connectivity index (χ1) is 6.75. The van der Waals surface area contributed by atoms with Gasteiger partial charge in [-0.2, -0.15) is 0 Å². The molecule has 0 unspecified atom stereocenters. The minimum absolute atomic E-state index is 0.939. The van der Waals surface area contributed by atoms with Crippen molar-refractivity contribution in [1.82, 2.24) is 4.57 Å². The first kappa shape index (κ1) is 8.81. The highest BCUT2D eigenvalue weighted by molar-refractivity contribution is 5.94. The lowest BCUT2D eigenvalue weighted by Crippen LogP contribution is -1.95. The molecule has 14 heavy (non-hydrogen) atoms. The van der Waals surface area contributed by atoms with Crippen LogP contribution in [0, 0.1) is 6.92 Å². The van der Waals surface area contributed by atoms with Crippen molar-refractivity contribution < 1.29 is 5.21 Å². The minimum Gasteiger partial charge on any atom is -0.411 e. The van der Waals surface area contributed by atoms with E-state index in [1.54, 1.807) is 0 Å². The van der Waals surface area contributed by atoms with Gasteiger partial charge in [-0.1, -0.05) is 23.4 Å². The number of fused-ring (bicyclic) bond motifs is 1. The minimum atomic E-state index is 0.939. The van der Waals surface area contributed by atoms with E-state index in [1.165, 1.54) is 11.6 Å². The van der Waals surface area contributed by atoms with Gasteiger partial charge in [0.25, 0.3) is 0 Å². The van der Waals surface area contributed by atoms with Crippen LogP contribution in [0.15, 0.2) is 29.4 Å². The van der Waals surface area contributed by atoms with Crippen molar-refractivity contribution in [2.75, 3.05) is 0 Å². The summed E-state index contributed by atoms with van der Waals surface area (Å²) in [5, 5.41) is 12.8. The van der Waals surface area contributed by atoms with E-state index in [2.05, 4.69) is 17.3 Å². The molecule has 1 aromatic carbocycles. The molecule has 0 radical (unpaired) electrons. The van der Waals surface area contributed by atoms with Crippen LogP contribution < -0.4 is 0 Å². The van der Waals surface area contributed by atoms with Crippen molar-refractivity contribution >= 4 is 17.1 Å². The van der Waals surface area contributed by atoms with E-state index in [0.717, 1.165) is 16.8 Å². The van der Waals surface area contributed by atoms with Gasteiger partial charge >= 0.3 is 0 Å². The van der Waals surface area contributed by atoms with Gasteiger partial charge < -0.3 is 9.77 Å². The molecule has 0 aliphatic heterocycles. The fraction of sp³-hybridized carbons (Fsp3) is 0.182. The number of rotatable bonds is 1. The number of para-hydroxylation sites is 1. The van der Waals surface area contributed by atoms with Gasteiger partial charge in [-0.3, -0.25) is 0 Å². The molecule has 3 heteroatoms. The van der Waals surface area contributed by atoms with Crippen LogP contribution in [0.3, 0.4) is 0 Å². The number of benzene rings is 1. The van der Waals surface area contributed by atoms with Gasteiger partial charge in [-0.25, -0.2) is 0 Å².